The third-order valence-corrected chi connectivity index (χ3v) is 14.6. The summed E-state index contributed by atoms with van der Waals surface area (Å²) >= 11 is 0. The molecular weight excluding hydrogens is 771 g/mol. The van der Waals surface area contributed by atoms with Gasteiger partial charge in [-0.3, -0.25) is 4.99 Å². The first kappa shape index (κ1) is 43.0. The van der Waals surface area contributed by atoms with Crippen LogP contribution in [-0.2, 0) is 19.3 Å². The van der Waals surface area contributed by atoms with Gasteiger partial charge in [-0.1, -0.05) is 57.6 Å². The number of aliphatic hydroxyl groups excluding tert-OH is 3. The zero-order valence-electron chi connectivity index (χ0n) is 36.0. The highest BCUT2D eigenvalue weighted by Crippen LogP contribution is 2.56. The minimum atomic E-state index is -0.917. The van der Waals surface area contributed by atoms with Crippen LogP contribution >= 0.6 is 0 Å². The van der Waals surface area contributed by atoms with Gasteiger partial charge in [0.2, 0.25) is 0 Å². The number of hydrogen-bond donors (Lipinski definition) is 7. The largest absolute Gasteiger partial charge is 0.508 e. The predicted octanol–water partition coefficient (Wildman–Crippen LogP) is 7.09. The van der Waals surface area contributed by atoms with E-state index in [1.807, 2.05) is 12.1 Å². The van der Waals surface area contributed by atoms with Gasteiger partial charge in [-0.2, -0.15) is 0 Å². The van der Waals surface area contributed by atoms with Crippen molar-refractivity contribution in [2.45, 2.75) is 96.4 Å². The van der Waals surface area contributed by atoms with E-state index in [1.165, 1.54) is 0 Å². The van der Waals surface area contributed by atoms with E-state index in [-0.39, 0.29) is 66.5 Å². The number of methoxy groups -OCH3 is 1. The van der Waals surface area contributed by atoms with Crippen molar-refractivity contribution in [3.63, 3.8) is 0 Å². The van der Waals surface area contributed by atoms with Crippen molar-refractivity contribution >= 4 is 5.96 Å². The fourth-order valence-electron chi connectivity index (χ4n) is 11.6. The summed E-state index contributed by atoms with van der Waals surface area (Å²) in [4.78, 5) is 4.30. The highest BCUT2D eigenvalue weighted by molar-refractivity contribution is 5.84. The topological polar surface area (TPSA) is 193 Å². The number of ether oxygens (including phenoxy) is 3. The molecule has 1 saturated carbocycles. The Morgan fingerprint density at radius 2 is 1.70 bits per heavy atom. The second-order valence-electron chi connectivity index (χ2n) is 18.7. The van der Waals surface area contributed by atoms with Crippen LogP contribution in [0.15, 0.2) is 65.7 Å². The summed E-state index contributed by atoms with van der Waals surface area (Å²) in [6.45, 7) is 7.08. The summed E-state index contributed by atoms with van der Waals surface area (Å²) < 4.78 is 19.9. The van der Waals surface area contributed by atoms with Crippen molar-refractivity contribution in [3.8, 4) is 39.9 Å². The molecule has 5 aliphatic rings. The second kappa shape index (κ2) is 17.9. The summed E-state index contributed by atoms with van der Waals surface area (Å²) in [6, 6.07) is 11.2. The van der Waals surface area contributed by atoms with Gasteiger partial charge in [-0.05, 0) is 126 Å². The summed E-state index contributed by atoms with van der Waals surface area (Å²) in [7, 11) is 1.69. The van der Waals surface area contributed by atoms with Crippen LogP contribution in [-0.4, -0.2) is 70.6 Å². The lowest BCUT2D eigenvalue weighted by Gasteiger charge is -2.47. The molecule has 61 heavy (non-hydrogen) atoms. The van der Waals surface area contributed by atoms with Gasteiger partial charge in [0, 0.05) is 61.1 Å². The van der Waals surface area contributed by atoms with Crippen LogP contribution in [0.4, 0.5) is 0 Å². The first-order chi connectivity index (χ1) is 29.4. The number of fused-ring (bicyclic) bond motifs is 7. The average Bonchev–Trinajstić information content (AvgIpc) is 3.23. The zero-order chi connectivity index (χ0) is 43.1. The minimum Gasteiger partial charge on any atom is -0.508 e. The van der Waals surface area contributed by atoms with Crippen molar-refractivity contribution in [1.82, 2.24) is 0 Å². The van der Waals surface area contributed by atoms with Gasteiger partial charge >= 0.3 is 0 Å². The number of guanidine groups is 1. The maximum absolute atomic E-state index is 12.2. The predicted molar refractivity (Wildman–Crippen MR) is 237 cm³/mol. The molecule has 1 heterocycles. The summed E-state index contributed by atoms with van der Waals surface area (Å²) in [5.41, 5.74) is 18.2. The van der Waals surface area contributed by atoms with Crippen LogP contribution in [0.2, 0.25) is 0 Å². The Labute approximate surface area is 360 Å². The summed E-state index contributed by atoms with van der Waals surface area (Å²) in [5, 5.41) is 55.0. The fourth-order valence-corrected chi connectivity index (χ4v) is 11.6. The number of allylic oxidation sites excluding steroid dienone is 2. The third kappa shape index (κ3) is 8.33. The molecule has 3 aromatic rings. The Balaban J connectivity index is 1.17. The lowest BCUT2D eigenvalue weighted by Crippen LogP contribution is -2.49. The van der Waals surface area contributed by atoms with Crippen molar-refractivity contribution < 1.29 is 39.7 Å². The van der Waals surface area contributed by atoms with Crippen molar-refractivity contribution in [2.75, 3.05) is 26.9 Å². The maximum atomic E-state index is 12.2. The van der Waals surface area contributed by atoms with E-state index in [0.29, 0.717) is 65.7 Å². The fraction of sp³-hybridized carbons (Fsp3) is 0.540. The number of nitrogens with two attached hydrogens (primary N) is 2. The van der Waals surface area contributed by atoms with Crippen LogP contribution in [0.1, 0.15) is 92.7 Å². The number of rotatable bonds is 13. The summed E-state index contributed by atoms with van der Waals surface area (Å²) in [5.74, 6) is 3.22. The molecule has 9 N–H and O–H groups in total. The van der Waals surface area contributed by atoms with Gasteiger partial charge in [0.1, 0.15) is 29.5 Å². The summed E-state index contributed by atoms with van der Waals surface area (Å²) in [6.07, 6.45) is 13.1. The molecule has 1 fully saturated rings. The minimum absolute atomic E-state index is 0.0125. The molecule has 3 aromatic carbocycles. The molecule has 0 saturated heterocycles. The van der Waals surface area contributed by atoms with Crippen molar-refractivity contribution in [2.24, 2.45) is 63.8 Å². The van der Waals surface area contributed by atoms with E-state index in [0.717, 1.165) is 71.9 Å². The molecule has 0 amide bonds. The lowest BCUT2D eigenvalue weighted by atomic mass is 9.63. The normalized spacial score (nSPS) is 29.9. The first-order valence-electron chi connectivity index (χ1n) is 22.5. The number of nitrogens with zero attached hydrogens (tertiary/aromatic N) is 1. The van der Waals surface area contributed by atoms with Crippen LogP contribution in [0.3, 0.4) is 0 Å². The van der Waals surface area contributed by atoms with Crippen LogP contribution < -0.4 is 25.7 Å². The number of benzene rings is 3. The molecule has 0 aromatic heterocycles. The molecule has 0 radical (unpaired) electrons. The number of phenolic OH excluding ortho intramolecular Hbond substituents is 2. The molecular formula is C50H65N3O8. The Hall–Kier alpha value is -4.71. The van der Waals surface area contributed by atoms with Gasteiger partial charge in [-0.25, -0.2) is 0 Å². The van der Waals surface area contributed by atoms with Gasteiger partial charge in [-0.15, -0.1) is 0 Å². The van der Waals surface area contributed by atoms with Gasteiger partial charge in [0.05, 0.1) is 13.2 Å². The Bertz CT molecular complexity index is 2160. The van der Waals surface area contributed by atoms with E-state index in [9.17, 15) is 25.5 Å². The Morgan fingerprint density at radius 3 is 2.43 bits per heavy atom. The van der Waals surface area contributed by atoms with Gasteiger partial charge < -0.3 is 51.2 Å². The molecule has 4 aliphatic carbocycles. The second-order valence-corrected chi connectivity index (χ2v) is 18.7. The molecule has 328 valence electrons. The molecule has 11 heteroatoms. The molecule has 11 atom stereocenters. The molecule has 1 aliphatic heterocycles. The number of aromatic hydroxyl groups is 2. The number of aliphatic imine (C=N–C) groups is 1. The van der Waals surface area contributed by atoms with Crippen LogP contribution in [0, 0.1) is 47.3 Å². The Morgan fingerprint density at radius 1 is 0.918 bits per heavy atom. The van der Waals surface area contributed by atoms with Crippen molar-refractivity contribution in [1.29, 1.82) is 0 Å². The molecule has 11 nitrogen and oxygen atoms in total. The molecule has 8 rings (SSSR count). The van der Waals surface area contributed by atoms with Crippen molar-refractivity contribution in [3.05, 3.63) is 88.5 Å². The highest BCUT2D eigenvalue weighted by Gasteiger charge is 2.47. The monoisotopic (exact) mass is 835 g/mol. The van der Waals surface area contributed by atoms with E-state index in [4.69, 9.17) is 25.7 Å². The van der Waals surface area contributed by atoms with E-state index in [2.05, 4.69) is 56.1 Å². The van der Waals surface area contributed by atoms with Crippen LogP contribution in [0.5, 0.6) is 28.7 Å². The standard InChI is InChI=1S/C50H65N3O8/c1-5-27-17-30(9-6-28(27)14-15-54)36-18-34-20-40(57)35(16-26(2)3)19-37(34)47-44(59-4)23-42-38(46(36)47)22-41(58)48(60-42)31-12-13-39(56)43(21-31)61-49-29-7-10-32(24-53-50(51)52)45(49)33(25-55)11-8-29/h6-7,9-10,12-13,19-21,23,26-30,32-33,36,41,45,48-49,54-58H,5,8,11,14-18,22,24-25H2,1-4H3,(H4,51,52,53). The van der Waals surface area contributed by atoms with Gasteiger partial charge in [0.25, 0.3) is 0 Å². The highest BCUT2D eigenvalue weighted by atomic mass is 16.5. The Kier molecular flexibility index (Phi) is 12.6. The van der Waals surface area contributed by atoms with E-state index in [1.54, 1.807) is 25.3 Å². The molecule has 11 unspecified atom stereocenters. The smallest absolute Gasteiger partial charge is 0.185 e. The van der Waals surface area contributed by atoms with E-state index >= 15 is 0 Å². The molecule has 2 bridgehead atoms. The maximum Gasteiger partial charge on any atom is 0.185 e. The zero-order valence-corrected chi connectivity index (χ0v) is 36.0. The number of aliphatic hydroxyl groups is 3. The third-order valence-electron chi connectivity index (χ3n) is 14.6. The van der Waals surface area contributed by atoms with Gasteiger partial charge in [0.15, 0.2) is 17.5 Å². The van der Waals surface area contributed by atoms with E-state index < -0.39 is 12.2 Å². The lowest BCUT2D eigenvalue weighted by molar-refractivity contribution is -0.0260. The SMILES string of the molecule is CCC1CC(C2Cc3cc(O)c(CC(C)C)cc3-c3c(OC)cc4c(c32)CC(O)C(c2ccc(O)c(OC3C5C=CC(CN=C(N)N)C3C(CO)CC5)c2)O4)C=CC1CCO. The first-order valence-corrected chi connectivity index (χ1v) is 22.5. The molecule has 0 spiro atoms. The average molecular weight is 836 g/mol. The number of phenols is 2. The quantitative estimate of drug-likeness (QED) is 0.0531. The van der Waals surface area contributed by atoms with Crippen LogP contribution in [0.25, 0.3) is 11.1 Å². The number of hydrogen-bond acceptors (Lipinski definition) is 9.